The highest BCUT2D eigenvalue weighted by atomic mass is 19.1. The monoisotopic (exact) mass is 271 g/mol. The average molecular weight is 271 g/mol. The molecule has 0 aliphatic carbocycles. The maximum Gasteiger partial charge on any atom is 0.153 e. The number of nitrogens with zero attached hydrogens (tertiary/aromatic N) is 1. The van der Waals surface area contributed by atoms with Crippen molar-refractivity contribution in [3.63, 3.8) is 0 Å². The highest BCUT2D eigenvalue weighted by Crippen LogP contribution is 2.29. The summed E-state index contributed by atoms with van der Waals surface area (Å²) in [5.41, 5.74) is 3.76. The van der Waals surface area contributed by atoms with Gasteiger partial charge in [-0.25, -0.2) is 13.8 Å². The first-order valence-electron chi connectivity index (χ1n) is 6.43. The number of aromatic nitrogens is 2. The van der Waals surface area contributed by atoms with E-state index in [1.807, 2.05) is 18.2 Å². The van der Waals surface area contributed by atoms with Gasteiger partial charge in [-0.05, 0) is 36.2 Å². The van der Waals surface area contributed by atoms with Gasteiger partial charge in [0.1, 0.15) is 17.2 Å². The second-order valence-corrected chi connectivity index (χ2v) is 4.92. The number of benzene rings is 2. The Balaban J connectivity index is 1.88. The number of fused-ring (bicyclic) bond motifs is 2. The Labute approximate surface area is 113 Å². The van der Waals surface area contributed by atoms with Crippen molar-refractivity contribution in [2.24, 2.45) is 0 Å². The molecule has 0 bridgehead atoms. The molecule has 3 nitrogen and oxygen atoms in total. The Morgan fingerprint density at radius 3 is 2.90 bits per heavy atom. The largest absolute Gasteiger partial charge is 0.384 e. The zero-order valence-corrected chi connectivity index (χ0v) is 10.5. The predicted molar refractivity (Wildman–Crippen MR) is 73.6 cm³/mol. The van der Waals surface area contributed by atoms with Crippen molar-refractivity contribution in [3.05, 3.63) is 47.5 Å². The van der Waals surface area contributed by atoms with E-state index in [2.05, 4.69) is 15.3 Å². The third-order valence-corrected chi connectivity index (χ3v) is 3.59. The van der Waals surface area contributed by atoms with Gasteiger partial charge in [0.25, 0.3) is 0 Å². The predicted octanol–water partition coefficient (Wildman–Crippen LogP) is 3.48. The number of hydrogen-bond acceptors (Lipinski definition) is 2. The Morgan fingerprint density at radius 2 is 2.00 bits per heavy atom. The molecule has 5 heteroatoms. The second-order valence-electron chi connectivity index (χ2n) is 4.92. The molecular weight excluding hydrogens is 260 g/mol. The molecule has 1 aliphatic heterocycles. The van der Waals surface area contributed by atoms with Gasteiger partial charge in [0.2, 0.25) is 0 Å². The topological polar surface area (TPSA) is 40.7 Å². The minimum Gasteiger partial charge on any atom is -0.384 e. The molecule has 2 aromatic carbocycles. The van der Waals surface area contributed by atoms with Gasteiger partial charge in [-0.3, -0.25) is 0 Å². The Bertz CT molecular complexity index is 823. The van der Waals surface area contributed by atoms with E-state index in [1.165, 1.54) is 11.6 Å². The van der Waals surface area contributed by atoms with Crippen molar-refractivity contribution in [1.29, 1.82) is 0 Å². The van der Waals surface area contributed by atoms with E-state index in [4.69, 9.17) is 0 Å². The van der Waals surface area contributed by atoms with Crippen molar-refractivity contribution >= 4 is 16.7 Å². The van der Waals surface area contributed by atoms with Crippen molar-refractivity contribution in [1.82, 2.24) is 9.97 Å². The van der Waals surface area contributed by atoms with Gasteiger partial charge in [-0.15, -0.1) is 0 Å². The quantitative estimate of drug-likeness (QED) is 0.711. The summed E-state index contributed by atoms with van der Waals surface area (Å²) in [6.45, 7) is 0.929. The normalized spacial score (nSPS) is 13.5. The lowest BCUT2D eigenvalue weighted by molar-refractivity contribution is 0.591. The Morgan fingerprint density at radius 1 is 1.10 bits per heavy atom. The SMILES string of the molecule is Fc1cc(F)c2nc(-c3ccc4c(c3)CCN4)[nH]c2c1. The minimum absolute atomic E-state index is 0.167. The lowest BCUT2D eigenvalue weighted by atomic mass is 10.1. The summed E-state index contributed by atoms with van der Waals surface area (Å²) >= 11 is 0. The second kappa shape index (κ2) is 4.03. The van der Waals surface area contributed by atoms with Crippen LogP contribution in [0.15, 0.2) is 30.3 Å². The first kappa shape index (κ1) is 11.4. The number of aromatic amines is 1. The van der Waals surface area contributed by atoms with Crippen molar-refractivity contribution < 1.29 is 8.78 Å². The molecule has 0 radical (unpaired) electrons. The average Bonchev–Trinajstić information content (AvgIpc) is 3.03. The molecule has 0 spiro atoms. The third kappa shape index (κ3) is 1.66. The molecule has 1 aliphatic rings. The minimum atomic E-state index is -0.648. The number of halogens is 2. The van der Waals surface area contributed by atoms with E-state index < -0.39 is 11.6 Å². The summed E-state index contributed by atoms with van der Waals surface area (Å²) in [7, 11) is 0. The molecule has 0 atom stereocenters. The number of H-pyrrole nitrogens is 1. The number of nitrogens with one attached hydrogen (secondary N) is 2. The van der Waals surface area contributed by atoms with Gasteiger partial charge in [0.15, 0.2) is 5.82 Å². The fourth-order valence-electron chi connectivity index (χ4n) is 2.63. The van der Waals surface area contributed by atoms with E-state index in [0.29, 0.717) is 11.3 Å². The summed E-state index contributed by atoms with van der Waals surface area (Å²) in [6.07, 6.45) is 0.965. The number of anilines is 1. The van der Waals surface area contributed by atoms with Crippen LogP contribution >= 0.6 is 0 Å². The van der Waals surface area contributed by atoms with Crippen LogP contribution in [-0.2, 0) is 6.42 Å². The molecular formula is C15H11F2N3. The molecule has 3 aromatic rings. The van der Waals surface area contributed by atoms with Gasteiger partial charge in [-0.2, -0.15) is 0 Å². The number of hydrogen-bond donors (Lipinski definition) is 2. The van der Waals surface area contributed by atoms with Gasteiger partial charge in [0.05, 0.1) is 5.52 Å². The van der Waals surface area contributed by atoms with Gasteiger partial charge in [0, 0.05) is 23.9 Å². The van der Waals surface area contributed by atoms with E-state index in [9.17, 15) is 8.78 Å². The van der Waals surface area contributed by atoms with Crippen LogP contribution in [0.4, 0.5) is 14.5 Å². The zero-order chi connectivity index (χ0) is 13.7. The van der Waals surface area contributed by atoms with Crippen LogP contribution in [0.1, 0.15) is 5.56 Å². The van der Waals surface area contributed by atoms with Gasteiger partial charge in [-0.1, -0.05) is 0 Å². The molecule has 4 rings (SSSR count). The molecule has 0 amide bonds. The first-order chi connectivity index (χ1) is 9.70. The highest BCUT2D eigenvalue weighted by molar-refractivity contribution is 5.80. The van der Waals surface area contributed by atoms with E-state index in [1.54, 1.807) is 0 Å². The standard InChI is InChI=1S/C15H11F2N3/c16-10-6-11(17)14-13(7-10)19-15(20-14)9-1-2-12-8(5-9)3-4-18-12/h1-2,5-7,18H,3-4H2,(H,19,20). The van der Waals surface area contributed by atoms with Crippen molar-refractivity contribution in [3.8, 4) is 11.4 Å². The number of imidazole rings is 1. The van der Waals surface area contributed by atoms with E-state index in [-0.39, 0.29) is 5.52 Å². The lowest BCUT2D eigenvalue weighted by Gasteiger charge is -2.01. The van der Waals surface area contributed by atoms with Crippen LogP contribution in [0.3, 0.4) is 0 Å². The summed E-state index contributed by atoms with van der Waals surface area (Å²) in [4.78, 5) is 7.20. The third-order valence-electron chi connectivity index (χ3n) is 3.59. The van der Waals surface area contributed by atoms with Crippen LogP contribution in [-0.4, -0.2) is 16.5 Å². The first-order valence-corrected chi connectivity index (χ1v) is 6.43. The smallest absolute Gasteiger partial charge is 0.153 e. The summed E-state index contributed by atoms with van der Waals surface area (Å²) in [5, 5.41) is 3.28. The van der Waals surface area contributed by atoms with Crippen LogP contribution in [0.25, 0.3) is 22.4 Å². The van der Waals surface area contributed by atoms with Crippen LogP contribution < -0.4 is 5.32 Å². The molecule has 0 unspecified atom stereocenters. The number of rotatable bonds is 1. The summed E-state index contributed by atoms with van der Waals surface area (Å²) in [6, 6.07) is 8.04. The van der Waals surface area contributed by atoms with Crippen LogP contribution in [0, 0.1) is 11.6 Å². The summed E-state index contributed by atoms with van der Waals surface area (Å²) < 4.78 is 26.9. The van der Waals surface area contributed by atoms with Gasteiger partial charge >= 0.3 is 0 Å². The Kier molecular flexibility index (Phi) is 2.30. The van der Waals surface area contributed by atoms with Gasteiger partial charge < -0.3 is 10.3 Å². The molecule has 2 heterocycles. The van der Waals surface area contributed by atoms with E-state index in [0.717, 1.165) is 30.3 Å². The maximum absolute atomic E-state index is 13.7. The maximum atomic E-state index is 13.7. The lowest BCUT2D eigenvalue weighted by Crippen LogP contribution is -1.90. The molecule has 0 saturated carbocycles. The molecule has 20 heavy (non-hydrogen) atoms. The zero-order valence-electron chi connectivity index (χ0n) is 10.5. The fourth-order valence-corrected chi connectivity index (χ4v) is 2.63. The molecule has 0 saturated heterocycles. The molecule has 100 valence electrons. The highest BCUT2D eigenvalue weighted by Gasteiger charge is 2.14. The van der Waals surface area contributed by atoms with Crippen LogP contribution in [0.2, 0.25) is 0 Å². The van der Waals surface area contributed by atoms with E-state index >= 15 is 0 Å². The Hall–Kier alpha value is -2.43. The molecule has 2 N–H and O–H groups in total. The van der Waals surface area contributed by atoms with Crippen LogP contribution in [0.5, 0.6) is 0 Å². The fraction of sp³-hybridized carbons (Fsp3) is 0.133. The van der Waals surface area contributed by atoms with Crippen molar-refractivity contribution in [2.75, 3.05) is 11.9 Å². The molecule has 0 fully saturated rings. The van der Waals surface area contributed by atoms with Crippen molar-refractivity contribution in [2.45, 2.75) is 6.42 Å². The summed E-state index contributed by atoms with van der Waals surface area (Å²) in [5.74, 6) is -0.701. The molecule has 1 aromatic heterocycles.